The van der Waals surface area contributed by atoms with Crippen molar-refractivity contribution in [2.24, 2.45) is 0 Å². The highest BCUT2D eigenvalue weighted by molar-refractivity contribution is 5.76. The zero-order valence-corrected chi connectivity index (χ0v) is 12.1. The number of hydrogen-bond acceptors (Lipinski definition) is 5. The lowest BCUT2D eigenvalue weighted by atomic mass is 10.1. The summed E-state index contributed by atoms with van der Waals surface area (Å²) in [6.45, 7) is 3.49. The zero-order chi connectivity index (χ0) is 15.1. The molecule has 0 aliphatic heterocycles. The first-order valence-corrected chi connectivity index (χ1v) is 6.52. The molecule has 6 nitrogen and oxygen atoms in total. The molecule has 1 aromatic rings. The van der Waals surface area contributed by atoms with Crippen LogP contribution in [0.15, 0.2) is 18.2 Å². The minimum atomic E-state index is -0.961. The average Bonchev–Trinajstić information content (AvgIpc) is 2.37. The number of phenols is 1. The molecule has 1 aromatic carbocycles. The van der Waals surface area contributed by atoms with E-state index in [9.17, 15) is 15.0 Å². The maximum Gasteiger partial charge on any atom is 0.325 e. The Hall–Kier alpha value is -1.79. The summed E-state index contributed by atoms with van der Waals surface area (Å²) in [5.74, 6) is -0.657. The molecule has 1 rings (SSSR count). The number of aliphatic carboxylic acids is 1. The first kappa shape index (κ1) is 16.3. The molecule has 6 heteroatoms. The summed E-state index contributed by atoms with van der Waals surface area (Å²) in [4.78, 5) is 13.3. The molecule has 0 aliphatic rings. The lowest BCUT2D eigenvalue weighted by Gasteiger charge is -2.18. The minimum absolute atomic E-state index is 0.00744. The fourth-order valence-corrected chi connectivity index (χ4v) is 1.76. The van der Waals surface area contributed by atoms with Crippen molar-refractivity contribution in [3.63, 3.8) is 0 Å². The summed E-state index contributed by atoms with van der Waals surface area (Å²) in [6.07, 6.45) is 0. The van der Waals surface area contributed by atoms with Crippen LogP contribution < -0.4 is 10.1 Å². The van der Waals surface area contributed by atoms with Gasteiger partial charge in [-0.15, -0.1) is 0 Å². The molecule has 0 saturated carbocycles. The first-order valence-electron chi connectivity index (χ1n) is 6.52. The van der Waals surface area contributed by atoms with E-state index in [1.165, 1.54) is 6.07 Å². The van der Waals surface area contributed by atoms with Crippen molar-refractivity contribution in [3.8, 4) is 11.5 Å². The number of carboxylic acid groups (broad SMARTS) is 1. The van der Waals surface area contributed by atoms with Gasteiger partial charge in [-0.1, -0.05) is 6.07 Å². The van der Waals surface area contributed by atoms with E-state index in [1.807, 2.05) is 19.0 Å². The van der Waals surface area contributed by atoms with Crippen LogP contribution in [0.1, 0.15) is 18.5 Å². The standard InChI is InChI=1S/C14H22N2O4/c1-4-20-12-9-10(5-6-11(12)17)13(14(18)19)15-7-8-16(2)3/h5-6,9,13,15,17H,4,7-8H2,1-3H3,(H,18,19). The Kier molecular flexibility index (Phi) is 6.27. The number of rotatable bonds is 8. The van der Waals surface area contributed by atoms with Gasteiger partial charge in [0.1, 0.15) is 6.04 Å². The van der Waals surface area contributed by atoms with Gasteiger partial charge in [-0.25, -0.2) is 0 Å². The third-order valence-electron chi connectivity index (χ3n) is 2.77. The molecular weight excluding hydrogens is 260 g/mol. The summed E-state index contributed by atoms with van der Waals surface area (Å²) in [5, 5.41) is 21.9. The third-order valence-corrected chi connectivity index (χ3v) is 2.77. The lowest BCUT2D eigenvalue weighted by molar-refractivity contribution is -0.139. The fourth-order valence-electron chi connectivity index (χ4n) is 1.76. The van der Waals surface area contributed by atoms with Gasteiger partial charge in [-0.2, -0.15) is 0 Å². The minimum Gasteiger partial charge on any atom is -0.504 e. The van der Waals surface area contributed by atoms with Crippen LogP contribution in [-0.4, -0.2) is 54.9 Å². The van der Waals surface area contributed by atoms with Crippen molar-refractivity contribution in [2.75, 3.05) is 33.8 Å². The van der Waals surface area contributed by atoms with E-state index in [2.05, 4.69) is 5.32 Å². The number of hydrogen-bond donors (Lipinski definition) is 3. The van der Waals surface area contributed by atoms with Gasteiger partial charge >= 0.3 is 5.97 Å². The molecule has 3 N–H and O–H groups in total. The van der Waals surface area contributed by atoms with Crippen LogP contribution in [0, 0.1) is 0 Å². The van der Waals surface area contributed by atoms with Gasteiger partial charge in [0.25, 0.3) is 0 Å². The summed E-state index contributed by atoms with van der Waals surface area (Å²) in [6, 6.07) is 3.76. The monoisotopic (exact) mass is 282 g/mol. The fraction of sp³-hybridized carbons (Fsp3) is 0.500. The maximum absolute atomic E-state index is 11.4. The largest absolute Gasteiger partial charge is 0.504 e. The van der Waals surface area contributed by atoms with E-state index in [1.54, 1.807) is 19.1 Å². The van der Waals surface area contributed by atoms with Gasteiger partial charge in [-0.05, 0) is 38.7 Å². The number of nitrogens with zero attached hydrogens (tertiary/aromatic N) is 1. The average molecular weight is 282 g/mol. The highest BCUT2D eigenvalue weighted by atomic mass is 16.5. The van der Waals surface area contributed by atoms with Crippen molar-refractivity contribution in [1.29, 1.82) is 0 Å². The molecule has 0 fully saturated rings. The number of benzene rings is 1. The first-order chi connectivity index (χ1) is 9.45. The van der Waals surface area contributed by atoms with E-state index in [0.29, 0.717) is 24.5 Å². The topological polar surface area (TPSA) is 82.0 Å². The van der Waals surface area contributed by atoms with Crippen molar-refractivity contribution >= 4 is 5.97 Å². The normalized spacial score (nSPS) is 12.4. The molecule has 1 unspecified atom stereocenters. The van der Waals surface area contributed by atoms with Gasteiger partial charge in [0.15, 0.2) is 11.5 Å². The van der Waals surface area contributed by atoms with E-state index in [4.69, 9.17) is 4.74 Å². The highest BCUT2D eigenvalue weighted by Gasteiger charge is 2.20. The molecule has 0 aliphatic carbocycles. The number of likely N-dealkylation sites (N-methyl/N-ethyl adjacent to an activating group) is 1. The molecular formula is C14H22N2O4. The summed E-state index contributed by atoms with van der Waals surface area (Å²) in [5.41, 5.74) is 0.553. The van der Waals surface area contributed by atoms with E-state index in [0.717, 1.165) is 6.54 Å². The van der Waals surface area contributed by atoms with Gasteiger partial charge in [0.05, 0.1) is 6.61 Å². The van der Waals surface area contributed by atoms with Gasteiger partial charge in [0.2, 0.25) is 0 Å². The summed E-state index contributed by atoms with van der Waals surface area (Å²) in [7, 11) is 3.84. The van der Waals surface area contributed by atoms with Gasteiger partial charge < -0.3 is 19.8 Å². The molecule has 0 heterocycles. The van der Waals surface area contributed by atoms with Crippen LogP contribution in [0.25, 0.3) is 0 Å². The van der Waals surface area contributed by atoms with Crippen LogP contribution in [-0.2, 0) is 4.79 Å². The summed E-state index contributed by atoms with van der Waals surface area (Å²) < 4.78 is 5.27. The third kappa shape index (κ3) is 4.71. The molecule has 0 bridgehead atoms. The second kappa shape index (κ2) is 7.72. The van der Waals surface area contributed by atoms with Crippen LogP contribution in [0.2, 0.25) is 0 Å². The second-order valence-electron chi connectivity index (χ2n) is 4.69. The van der Waals surface area contributed by atoms with E-state index < -0.39 is 12.0 Å². The van der Waals surface area contributed by atoms with Gasteiger partial charge in [0, 0.05) is 13.1 Å². The van der Waals surface area contributed by atoms with Gasteiger partial charge in [-0.3, -0.25) is 10.1 Å². The maximum atomic E-state index is 11.4. The Morgan fingerprint density at radius 1 is 1.45 bits per heavy atom. The molecule has 0 radical (unpaired) electrons. The number of aromatic hydroxyl groups is 1. The van der Waals surface area contributed by atoms with E-state index in [-0.39, 0.29) is 5.75 Å². The number of carboxylic acids is 1. The predicted molar refractivity (Wildman–Crippen MR) is 76.2 cm³/mol. The quantitative estimate of drug-likeness (QED) is 0.661. The summed E-state index contributed by atoms with van der Waals surface area (Å²) >= 11 is 0. The van der Waals surface area contributed by atoms with Crippen molar-refractivity contribution < 1.29 is 19.7 Å². The molecule has 20 heavy (non-hydrogen) atoms. The molecule has 0 spiro atoms. The Morgan fingerprint density at radius 2 is 2.15 bits per heavy atom. The van der Waals surface area contributed by atoms with Crippen LogP contribution in [0.5, 0.6) is 11.5 Å². The van der Waals surface area contributed by atoms with Crippen molar-refractivity contribution in [2.45, 2.75) is 13.0 Å². The molecule has 112 valence electrons. The Balaban J connectivity index is 2.85. The highest BCUT2D eigenvalue weighted by Crippen LogP contribution is 2.29. The van der Waals surface area contributed by atoms with Crippen LogP contribution in [0.3, 0.4) is 0 Å². The predicted octanol–water partition coefficient (Wildman–Crippen LogP) is 1.07. The number of ether oxygens (including phenoxy) is 1. The smallest absolute Gasteiger partial charge is 0.325 e. The zero-order valence-electron chi connectivity index (χ0n) is 12.1. The second-order valence-corrected chi connectivity index (χ2v) is 4.69. The van der Waals surface area contributed by atoms with Crippen LogP contribution in [0.4, 0.5) is 0 Å². The van der Waals surface area contributed by atoms with E-state index >= 15 is 0 Å². The SMILES string of the molecule is CCOc1cc(C(NCCN(C)C)C(=O)O)ccc1O. The number of nitrogens with one attached hydrogen (secondary N) is 1. The van der Waals surface area contributed by atoms with Crippen LogP contribution >= 0.6 is 0 Å². The number of phenolic OH excluding ortho intramolecular Hbond substituents is 1. The Morgan fingerprint density at radius 3 is 2.70 bits per heavy atom. The molecule has 0 amide bonds. The molecule has 0 aromatic heterocycles. The van der Waals surface area contributed by atoms with Crippen molar-refractivity contribution in [3.05, 3.63) is 23.8 Å². The molecule has 1 atom stereocenters. The van der Waals surface area contributed by atoms with Crippen molar-refractivity contribution in [1.82, 2.24) is 10.2 Å². The lowest BCUT2D eigenvalue weighted by Crippen LogP contribution is -2.33. The molecule has 0 saturated heterocycles. The Labute approximate surface area is 119 Å². The number of carbonyl (C=O) groups is 1. The Bertz CT molecular complexity index is 449.